The molecule has 5 heteroatoms. The van der Waals surface area contributed by atoms with Crippen molar-refractivity contribution in [3.05, 3.63) is 41.5 Å². The average Bonchev–Trinajstić information content (AvgIpc) is 2.64. The van der Waals surface area contributed by atoms with Crippen molar-refractivity contribution >= 4 is 5.71 Å². The van der Waals surface area contributed by atoms with Gasteiger partial charge in [0.05, 0.1) is 5.71 Å². The summed E-state index contributed by atoms with van der Waals surface area (Å²) < 4.78 is 39.8. The van der Waals surface area contributed by atoms with E-state index in [0.717, 1.165) is 24.5 Å². The summed E-state index contributed by atoms with van der Waals surface area (Å²) in [6.45, 7) is 8.28. The molecule has 0 aliphatic carbocycles. The number of nitrogens with one attached hydrogen (secondary N) is 1. The lowest BCUT2D eigenvalue weighted by Crippen LogP contribution is -2.17. The van der Waals surface area contributed by atoms with Crippen molar-refractivity contribution in [2.24, 2.45) is 11.8 Å². The average molecular weight is 408 g/mol. The van der Waals surface area contributed by atoms with Gasteiger partial charge >= 0.3 is 6.36 Å². The maximum atomic E-state index is 12.0. The van der Waals surface area contributed by atoms with Crippen molar-refractivity contribution in [2.75, 3.05) is 0 Å². The molecule has 1 atom stereocenters. The summed E-state index contributed by atoms with van der Waals surface area (Å²) in [7, 11) is 0. The summed E-state index contributed by atoms with van der Waals surface area (Å²) in [5.41, 5.74) is 1.27. The van der Waals surface area contributed by atoms with E-state index in [4.69, 9.17) is 18.3 Å². The van der Waals surface area contributed by atoms with E-state index in [2.05, 4.69) is 30.4 Å². The second kappa shape index (κ2) is 13.5. The number of terminal acetylenes is 2. The molecule has 160 valence electrons. The zero-order valence-electron chi connectivity index (χ0n) is 17.6. The Balaban J connectivity index is 0. The van der Waals surface area contributed by atoms with Crippen molar-refractivity contribution in [3.8, 4) is 30.4 Å². The molecule has 0 heterocycles. The summed E-state index contributed by atoms with van der Waals surface area (Å²) >= 11 is 0. The fraction of sp³-hybridized carbons (Fsp3) is 0.458. The third-order valence-electron chi connectivity index (χ3n) is 4.05. The van der Waals surface area contributed by atoms with Crippen LogP contribution < -0.4 is 4.74 Å². The van der Waals surface area contributed by atoms with Crippen molar-refractivity contribution < 1.29 is 19.3 Å². The normalized spacial score (nSPS) is 12.3. The number of ether oxygens (including phenoxy) is 1. The van der Waals surface area contributed by atoms with E-state index < -0.39 is 6.36 Å². The monoisotopic (exact) mass is 407 g/mol. The van der Waals surface area contributed by atoms with Gasteiger partial charge in [0.25, 0.3) is 0 Å². The Morgan fingerprint density at radius 2 is 1.76 bits per heavy atom. The smallest absolute Gasteiger partial charge is 0.406 e. The number of halogens is 3. The quantitative estimate of drug-likeness (QED) is 0.357. The molecule has 2 nitrogen and oxygen atoms in total. The maximum Gasteiger partial charge on any atom is 0.573 e. The summed E-state index contributed by atoms with van der Waals surface area (Å²) in [5, 5.41) is 7.87. The van der Waals surface area contributed by atoms with Gasteiger partial charge in [0.1, 0.15) is 5.75 Å². The molecule has 1 rings (SSSR count). The molecule has 0 saturated carbocycles. The topological polar surface area (TPSA) is 33.1 Å². The number of rotatable bonds is 8. The minimum Gasteiger partial charge on any atom is -0.406 e. The van der Waals surface area contributed by atoms with Gasteiger partial charge in [0.2, 0.25) is 0 Å². The maximum absolute atomic E-state index is 12.0. The Kier molecular flexibility index (Phi) is 12.3. The van der Waals surface area contributed by atoms with Crippen molar-refractivity contribution in [1.29, 1.82) is 5.41 Å². The van der Waals surface area contributed by atoms with Gasteiger partial charge < -0.3 is 10.1 Å². The molecule has 0 spiro atoms. The largest absolute Gasteiger partial charge is 0.573 e. The van der Waals surface area contributed by atoms with E-state index in [1.54, 1.807) is 0 Å². The van der Waals surface area contributed by atoms with E-state index in [1.165, 1.54) is 37.5 Å². The number of hydrogen-bond acceptors (Lipinski definition) is 2. The summed E-state index contributed by atoms with van der Waals surface area (Å²) in [6.07, 6.45) is 12.0. The summed E-state index contributed by atoms with van der Waals surface area (Å²) in [6, 6.07) is 5.09. The highest BCUT2D eigenvalue weighted by Crippen LogP contribution is 2.23. The van der Waals surface area contributed by atoms with Crippen LogP contribution in [0.2, 0.25) is 0 Å². The van der Waals surface area contributed by atoms with Gasteiger partial charge in [-0.25, -0.2) is 0 Å². The predicted molar refractivity (Wildman–Crippen MR) is 116 cm³/mol. The highest BCUT2D eigenvalue weighted by molar-refractivity contribution is 6.07. The third kappa shape index (κ3) is 12.4. The van der Waals surface area contributed by atoms with Crippen LogP contribution in [0.15, 0.2) is 35.9 Å². The standard InChI is InChI=1S/C15H14F3NO.C9H16.H2/c1-4-11(10(2)3)9-14(19)12-5-7-13(8-6-12)20-15(16,17)18;1-4-6-8-9(3)7-5-2;/h1,5-10,19H,2-3H3;1,9H,5-8H2,2-3H3;1H/b11-9+,19-14?;;. The van der Waals surface area contributed by atoms with E-state index >= 15 is 0 Å². The minimum absolute atomic E-state index is 0. The number of hydrogen-bond donors (Lipinski definition) is 1. The Bertz CT molecular complexity index is 738. The second-order valence-corrected chi connectivity index (χ2v) is 7.02. The molecule has 0 radical (unpaired) electrons. The van der Waals surface area contributed by atoms with Crippen LogP contribution in [0.25, 0.3) is 0 Å². The molecule has 1 N–H and O–H groups in total. The van der Waals surface area contributed by atoms with E-state index in [-0.39, 0.29) is 18.8 Å². The fourth-order valence-electron chi connectivity index (χ4n) is 2.42. The first-order valence-corrected chi connectivity index (χ1v) is 9.60. The molecular formula is C24H32F3NO. The molecule has 0 fully saturated rings. The van der Waals surface area contributed by atoms with Crippen LogP contribution in [0.5, 0.6) is 5.75 Å². The highest BCUT2D eigenvalue weighted by Gasteiger charge is 2.30. The zero-order chi connectivity index (χ0) is 22.4. The predicted octanol–water partition coefficient (Wildman–Crippen LogP) is 7.25. The first-order chi connectivity index (χ1) is 13.5. The van der Waals surface area contributed by atoms with Gasteiger partial charge in [-0.15, -0.1) is 31.9 Å². The molecule has 0 aromatic heterocycles. The SMILES string of the molecule is C#C/C(=C\C(=N)c1ccc(OC(F)(F)F)cc1)C(C)C.C#CCCC(C)CCC.[HH]. The Labute approximate surface area is 174 Å². The first kappa shape index (κ1) is 26.3. The van der Waals surface area contributed by atoms with Crippen molar-refractivity contribution in [1.82, 2.24) is 0 Å². The Hall–Kier alpha value is -2.66. The van der Waals surface area contributed by atoms with E-state index in [1.807, 2.05) is 13.8 Å². The van der Waals surface area contributed by atoms with Crippen LogP contribution in [0.1, 0.15) is 60.4 Å². The molecule has 0 bridgehead atoms. The van der Waals surface area contributed by atoms with Gasteiger partial charge in [-0.2, -0.15) is 0 Å². The minimum atomic E-state index is -4.72. The number of alkyl halides is 3. The van der Waals surface area contributed by atoms with Gasteiger partial charge in [0.15, 0.2) is 0 Å². The number of allylic oxidation sites excluding steroid dienone is 2. The summed E-state index contributed by atoms with van der Waals surface area (Å²) in [4.78, 5) is 0. The molecule has 0 amide bonds. The Morgan fingerprint density at radius 3 is 2.17 bits per heavy atom. The van der Waals surface area contributed by atoms with Crippen LogP contribution >= 0.6 is 0 Å². The first-order valence-electron chi connectivity index (χ1n) is 9.60. The van der Waals surface area contributed by atoms with Crippen LogP contribution in [0.4, 0.5) is 13.2 Å². The molecule has 0 aliphatic rings. The van der Waals surface area contributed by atoms with Gasteiger partial charge in [-0.3, -0.25) is 0 Å². The number of benzene rings is 1. The second-order valence-electron chi connectivity index (χ2n) is 7.02. The zero-order valence-corrected chi connectivity index (χ0v) is 17.6. The van der Waals surface area contributed by atoms with Gasteiger partial charge in [-0.1, -0.05) is 46.5 Å². The van der Waals surface area contributed by atoms with Crippen LogP contribution in [0, 0.1) is 41.9 Å². The lowest BCUT2D eigenvalue weighted by molar-refractivity contribution is -0.274. The molecule has 29 heavy (non-hydrogen) atoms. The van der Waals surface area contributed by atoms with Crippen molar-refractivity contribution in [2.45, 2.75) is 59.7 Å². The lowest BCUT2D eigenvalue weighted by Gasteiger charge is -2.09. The van der Waals surface area contributed by atoms with Crippen molar-refractivity contribution in [3.63, 3.8) is 0 Å². The summed E-state index contributed by atoms with van der Waals surface area (Å²) in [5.74, 6) is 5.76. The molecule has 0 aliphatic heterocycles. The van der Waals surface area contributed by atoms with Gasteiger partial charge in [-0.05, 0) is 54.2 Å². The molecule has 0 saturated heterocycles. The van der Waals surface area contributed by atoms with Crippen LogP contribution in [0.3, 0.4) is 0 Å². The van der Waals surface area contributed by atoms with Crippen LogP contribution in [-0.4, -0.2) is 12.1 Å². The van der Waals surface area contributed by atoms with Crippen LogP contribution in [-0.2, 0) is 0 Å². The van der Waals surface area contributed by atoms with Gasteiger partial charge in [0, 0.05) is 13.4 Å². The molecule has 1 unspecified atom stereocenters. The molecule has 1 aromatic rings. The Morgan fingerprint density at radius 1 is 1.17 bits per heavy atom. The fourth-order valence-corrected chi connectivity index (χ4v) is 2.42. The highest BCUT2D eigenvalue weighted by atomic mass is 19.4. The third-order valence-corrected chi connectivity index (χ3v) is 4.05. The van der Waals surface area contributed by atoms with E-state index in [9.17, 15) is 13.2 Å². The lowest BCUT2D eigenvalue weighted by atomic mass is 10.00. The van der Waals surface area contributed by atoms with E-state index in [0.29, 0.717) is 11.1 Å². The molecule has 1 aromatic carbocycles. The molecular weight excluding hydrogens is 375 g/mol.